The Kier molecular flexibility index (Phi) is 4.55. The van der Waals surface area contributed by atoms with Gasteiger partial charge in [0.15, 0.2) is 6.10 Å². The molecule has 22 heavy (non-hydrogen) atoms. The van der Waals surface area contributed by atoms with Crippen molar-refractivity contribution in [3.8, 4) is 0 Å². The molecule has 0 fully saturated rings. The largest absolute Gasteiger partial charge is 0.416 e. The van der Waals surface area contributed by atoms with Crippen LogP contribution in [0.4, 0.5) is 18.0 Å². The summed E-state index contributed by atoms with van der Waals surface area (Å²) < 4.78 is 38.4. The molecule has 0 aliphatic rings. The highest BCUT2D eigenvalue weighted by Gasteiger charge is 2.39. The molecule has 1 atom stereocenters. The third-order valence-corrected chi connectivity index (χ3v) is 3.01. The molecule has 0 aliphatic heterocycles. The van der Waals surface area contributed by atoms with Crippen LogP contribution in [0.25, 0.3) is 5.65 Å². The van der Waals surface area contributed by atoms with Gasteiger partial charge in [-0.3, -0.25) is 0 Å². The molecule has 120 valence electrons. The normalized spacial score (nSPS) is 13.1. The van der Waals surface area contributed by atoms with Crippen molar-refractivity contribution in [2.45, 2.75) is 18.8 Å². The number of hydrogen-bond donors (Lipinski definition) is 2. The van der Waals surface area contributed by atoms with Gasteiger partial charge in [-0.25, -0.2) is 9.78 Å². The van der Waals surface area contributed by atoms with Crippen molar-refractivity contribution >= 4 is 11.7 Å². The number of halogens is 3. The lowest BCUT2D eigenvalue weighted by molar-refractivity contribution is -0.205. The van der Waals surface area contributed by atoms with Crippen molar-refractivity contribution in [1.82, 2.24) is 19.6 Å². The fraction of sp³-hybridized carbons (Fsp3) is 0.385. The number of nitrogens with one attached hydrogen (secondary N) is 1. The molecule has 6 nitrogen and oxygen atoms in total. The number of nitrogens with zero attached hydrogens (tertiary/aromatic N) is 3. The second-order valence-corrected chi connectivity index (χ2v) is 4.79. The molecule has 2 heterocycles. The zero-order valence-corrected chi connectivity index (χ0v) is 11.7. The van der Waals surface area contributed by atoms with Crippen LogP contribution in [0.1, 0.15) is 5.69 Å². The first-order valence-corrected chi connectivity index (χ1v) is 6.43. The average Bonchev–Trinajstić information content (AvgIpc) is 2.86. The standard InChI is InChI=1S/C13H15F3N4O2/c1-19(8-10(21)13(14,15)16)12(22)17-6-9-7-20-5-3-2-4-11(20)18-9/h2-5,7,10,21H,6,8H2,1H3,(H,17,22)/t10-/m0/s1. The van der Waals surface area contributed by atoms with Crippen LogP contribution in [-0.4, -0.2) is 51.3 Å². The fourth-order valence-electron chi connectivity index (χ4n) is 1.82. The van der Waals surface area contributed by atoms with Crippen LogP contribution in [0.2, 0.25) is 0 Å². The van der Waals surface area contributed by atoms with E-state index < -0.39 is 24.9 Å². The molecule has 0 unspecified atom stereocenters. The van der Waals surface area contributed by atoms with Crippen molar-refractivity contribution in [1.29, 1.82) is 0 Å². The maximum Gasteiger partial charge on any atom is 0.416 e. The third-order valence-electron chi connectivity index (χ3n) is 3.01. The molecule has 0 saturated heterocycles. The zero-order valence-electron chi connectivity index (χ0n) is 11.7. The number of aromatic nitrogens is 2. The van der Waals surface area contributed by atoms with Gasteiger partial charge < -0.3 is 19.7 Å². The van der Waals surface area contributed by atoms with Crippen LogP contribution in [0, 0.1) is 0 Å². The van der Waals surface area contributed by atoms with Gasteiger partial charge in [-0.2, -0.15) is 13.2 Å². The summed E-state index contributed by atoms with van der Waals surface area (Å²) in [5.41, 5.74) is 1.27. The molecule has 2 amide bonds. The van der Waals surface area contributed by atoms with Gasteiger partial charge in [0.2, 0.25) is 0 Å². The van der Waals surface area contributed by atoms with Crippen molar-refractivity contribution in [2.24, 2.45) is 0 Å². The second-order valence-electron chi connectivity index (χ2n) is 4.79. The molecule has 2 rings (SSSR count). The number of likely N-dealkylation sites (N-methyl/N-ethyl adjacent to an activating group) is 1. The number of fused-ring (bicyclic) bond motifs is 1. The Bertz CT molecular complexity index is 623. The summed E-state index contributed by atoms with van der Waals surface area (Å²) >= 11 is 0. The number of urea groups is 1. The monoisotopic (exact) mass is 316 g/mol. The number of hydrogen-bond acceptors (Lipinski definition) is 3. The lowest BCUT2D eigenvalue weighted by atomic mass is 10.3. The predicted molar refractivity (Wildman–Crippen MR) is 72.1 cm³/mol. The van der Waals surface area contributed by atoms with E-state index in [1.807, 2.05) is 12.1 Å². The van der Waals surface area contributed by atoms with E-state index in [9.17, 15) is 18.0 Å². The van der Waals surface area contributed by atoms with E-state index in [1.165, 1.54) is 7.05 Å². The van der Waals surface area contributed by atoms with Gasteiger partial charge in [0.1, 0.15) is 5.65 Å². The van der Waals surface area contributed by atoms with Crippen molar-refractivity contribution in [2.75, 3.05) is 13.6 Å². The van der Waals surface area contributed by atoms with Crippen LogP contribution in [0.15, 0.2) is 30.6 Å². The van der Waals surface area contributed by atoms with Crippen LogP contribution in [0.5, 0.6) is 0 Å². The first kappa shape index (κ1) is 16.1. The van der Waals surface area contributed by atoms with Gasteiger partial charge in [0.25, 0.3) is 0 Å². The molecule has 0 spiro atoms. The number of rotatable bonds is 4. The van der Waals surface area contributed by atoms with Gasteiger partial charge in [0, 0.05) is 19.4 Å². The zero-order chi connectivity index (χ0) is 16.3. The van der Waals surface area contributed by atoms with Crippen LogP contribution in [-0.2, 0) is 6.54 Å². The molecule has 0 saturated carbocycles. The van der Waals surface area contributed by atoms with E-state index in [-0.39, 0.29) is 6.54 Å². The minimum atomic E-state index is -4.75. The van der Waals surface area contributed by atoms with E-state index in [1.54, 1.807) is 22.9 Å². The Balaban J connectivity index is 1.89. The topological polar surface area (TPSA) is 69.9 Å². The Morgan fingerprint density at radius 1 is 1.50 bits per heavy atom. The van der Waals surface area contributed by atoms with Gasteiger partial charge in [-0.05, 0) is 12.1 Å². The predicted octanol–water partition coefficient (Wildman–Crippen LogP) is 1.40. The highest BCUT2D eigenvalue weighted by molar-refractivity contribution is 5.73. The van der Waals surface area contributed by atoms with Crippen LogP contribution in [0.3, 0.4) is 0 Å². The Morgan fingerprint density at radius 3 is 2.86 bits per heavy atom. The molecule has 0 aliphatic carbocycles. The average molecular weight is 316 g/mol. The van der Waals surface area contributed by atoms with Gasteiger partial charge in [-0.15, -0.1) is 0 Å². The molecule has 9 heteroatoms. The van der Waals surface area contributed by atoms with E-state index in [2.05, 4.69) is 10.3 Å². The maximum atomic E-state index is 12.2. The number of alkyl halides is 3. The number of carbonyl (C=O) groups is 1. The van der Waals surface area contributed by atoms with Crippen molar-refractivity contribution < 1.29 is 23.1 Å². The number of imidazole rings is 1. The first-order chi connectivity index (χ1) is 10.3. The molecule has 2 aromatic heterocycles. The molecule has 0 radical (unpaired) electrons. The highest BCUT2D eigenvalue weighted by Crippen LogP contribution is 2.20. The Hall–Kier alpha value is -2.29. The Labute approximate surface area is 124 Å². The molecular weight excluding hydrogens is 301 g/mol. The lowest BCUT2D eigenvalue weighted by Crippen LogP contribution is -2.45. The van der Waals surface area contributed by atoms with Crippen LogP contribution >= 0.6 is 0 Å². The van der Waals surface area contributed by atoms with E-state index >= 15 is 0 Å². The minimum absolute atomic E-state index is 0.0764. The lowest BCUT2D eigenvalue weighted by Gasteiger charge is -2.22. The smallest absolute Gasteiger partial charge is 0.382 e. The molecule has 2 N–H and O–H groups in total. The number of aliphatic hydroxyl groups excluding tert-OH is 1. The summed E-state index contributed by atoms with van der Waals surface area (Å²) in [5.74, 6) is 0. The van der Waals surface area contributed by atoms with Crippen LogP contribution < -0.4 is 5.32 Å². The van der Waals surface area contributed by atoms with Gasteiger partial charge in [0.05, 0.1) is 18.8 Å². The van der Waals surface area contributed by atoms with Gasteiger partial charge in [-0.1, -0.05) is 6.07 Å². The quantitative estimate of drug-likeness (QED) is 0.896. The summed E-state index contributed by atoms with van der Waals surface area (Å²) in [4.78, 5) is 16.7. The number of pyridine rings is 1. The number of carbonyl (C=O) groups excluding carboxylic acids is 1. The molecule has 0 bridgehead atoms. The minimum Gasteiger partial charge on any atom is -0.382 e. The molecule has 0 aromatic carbocycles. The summed E-state index contributed by atoms with van der Waals surface area (Å²) in [5, 5.41) is 11.4. The van der Waals surface area contributed by atoms with E-state index in [0.717, 1.165) is 4.90 Å². The fourth-order valence-corrected chi connectivity index (χ4v) is 1.82. The molecule has 2 aromatic rings. The summed E-state index contributed by atoms with van der Waals surface area (Å²) in [7, 11) is 1.17. The van der Waals surface area contributed by atoms with E-state index in [0.29, 0.717) is 11.3 Å². The maximum absolute atomic E-state index is 12.2. The molecular formula is C13H15F3N4O2. The SMILES string of the molecule is CN(C[C@H](O)C(F)(F)F)C(=O)NCc1cn2ccccc2n1. The number of amides is 2. The number of aliphatic hydroxyl groups is 1. The van der Waals surface area contributed by atoms with E-state index in [4.69, 9.17) is 5.11 Å². The van der Waals surface area contributed by atoms with Gasteiger partial charge >= 0.3 is 12.2 Å². The van der Waals surface area contributed by atoms with Crippen molar-refractivity contribution in [3.05, 3.63) is 36.3 Å². The van der Waals surface area contributed by atoms with Crippen molar-refractivity contribution in [3.63, 3.8) is 0 Å². The second kappa shape index (κ2) is 6.22. The summed E-state index contributed by atoms with van der Waals surface area (Å²) in [6.07, 6.45) is -3.83. The summed E-state index contributed by atoms with van der Waals surface area (Å²) in [6, 6.07) is 4.71. The first-order valence-electron chi connectivity index (χ1n) is 6.43. The highest BCUT2D eigenvalue weighted by atomic mass is 19.4. The summed E-state index contributed by atoms with van der Waals surface area (Å²) in [6.45, 7) is -0.756. The third kappa shape index (κ3) is 3.88. The Morgan fingerprint density at radius 2 is 2.23 bits per heavy atom.